The molecule has 2 rings (SSSR count). The second-order valence-corrected chi connectivity index (χ2v) is 4.85. The summed E-state index contributed by atoms with van der Waals surface area (Å²) in [5.74, 6) is 0.966. The quantitative estimate of drug-likeness (QED) is 0.662. The highest BCUT2D eigenvalue weighted by Crippen LogP contribution is 2.27. The Morgan fingerprint density at radius 1 is 1.12 bits per heavy atom. The van der Waals surface area contributed by atoms with Crippen LogP contribution in [0.1, 0.15) is 24.8 Å². The van der Waals surface area contributed by atoms with E-state index in [1.807, 2.05) is 0 Å². The molecule has 1 saturated carbocycles. The third-order valence-electron chi connectivity index (χ3n) is 3.15. The summed E-state index contributed by atoms with van der Waals surface area (Å²) >= 11 is 0. The molecule has 0 saturated heterocycles. The second kappa shape index (κ2) is 7.46. The molecule has 1 aliphatic rings. The van der Waals surface area contributed by atoms with E-state index >= 15 is 0 Å². The van der Waals surface area contributed by atoms with Gasteiger partial charge in [-0.15, -0.1) is 0 Å². The van der Waals surface area contributed by atoms with Gasteiger partial charge in [-0.3, -0.25) is 0 Å². The fourth-order valence-electron chi connectivity index (χ4n) is 1.90. The maximum atomic E-state index is 5.60. The maximum Gasteiger partial charge on any atom is 0.0590 e. The molecule has 17 heavy (non-hydrogen) atoms. The van der Waals surface area contributed by atoms with Crippen molar-refractivity contribution in [2.45, 2.75) is 25.7 Å². The van der Waals surface area contributed by atoms with Crippen molar-refractivity contribution >= 4 is 0 Å². The fraction of sp³-hybridized carbons (Fsp3) is 0.600. The van der Waals surface area contributed by atoms with E-state index in [2.05, 4.69) is 35.6 Å². The van der Waals surface area contributed by atoms with Crippen LogP contribution in [0.4, 0.5) is 0 Å². The van der Waals surface area contributed by atoms with Crippen molar-refractivity contribution in [2.75, 3.05) is 26.3 Å². The number of aryl methyl sites for hydroxylation is 1. The third kappa shape index (κ3) is 5.85. The highest BCUT2D eigenvalue weighted by molar-refractivity contribution is 5.14. The number of nitrogens with one attached hydrogen (secondary N) is 1. The zero-order valence-corrected chi connectivity index (χ0v) is 10.5. The van der Waals surface area contributed by atoms with E-state index in [4.69, 9.17) is 4.74 Å². The molecule has 0 aromatic heterocycles. The highest BCUT2D eigenvalue weighted by Gasteiger charge is 2.19. The van der Waals surface area contributed by atoms with Crippen LogP contribution in [0.3, 0.4) is 0 Å². The molecule has 0 spiro atoms. The van der Waals surface area contributed by atoms with E-state index in [0.29, 0.717) is 0 Å². The first kappa shape index (κ1) is 12.6. The zero-order chi connectivity index (χ0) is 11.8. The van der Waals surface area contributed by atoms with Crippen molar-refractivity contribution in [3.8, 4) is 0 Å². The van der Waals surface area contributed by atoms with Gasteiger partial charge < -0.3 is 10.1 Å². The first-order chi connectivity index (χ1) is 8.45. The van der Waals surface area contributed by atoms with E-state index in [0.717, 1.165) is 38.5 Å². The molecule has 94 valence electrons. The van der Waals surface area contributed by atoms with Gasteiger partial charge >= 0.3 is 0 Å². The Balaban J connectivity index is 1.38. The predicted molar refractivity (Wildman–Crippen MR) is 71.2 cm³/mol. The van der Waals surface area contributed by atoms with Gasteiger partial charge in [-0.2, -0.15) is 0 Å². The third-order valence-corrected chi connectivity index (χ3v) is 3.15. The summed E-state index contributed by atoms with van der Waals surface area (Å²) in [6.45, 7) is 3.91. The number of hydrogen-bond acceptors (Lipinski definition) is 2. The lowest BCUT2D eigenvalue weighted by atomic mass is 10.1. The zero-order valence-electron chi connectivity index (χ0n) is 10.5. The minimum atomic E-state index is 0.849. The van der Waals surface area contributed by atoms with Gasteiger partial charge in [0, 0.05) is 13.2 Å². The van der Waals surface area contributed by atoms with Crippen LogP contribution in [-0.2, 0) is 11.2 Å². The molecule has 0 aliphatic heterocycles. The minimum absolute atomic E-state index is 0.849. The van der Waals surface area contributed by atoms with Gasteiger partial charge in [-0.1, -0.05) is 30.3 Å². The molecular weight excluding hydrogens is 210 g/mol. The highest BCUT2D eigenvalue weighted by atomic mass is 16.5. The van der Waals surface area contributed by atoms with Gasteiger partial charge in [0.25, 0.3) is 0 Å². The molecule has 0 unspecified atom stereocenters. The average molecular weight is 233 g/mol. The summed E-state index contributed by atoms with van der Waals surface area (Å²) in [6.07, 6.45) is 5.08. The summed E-state index contributed by atoms with van der Waals surface area (Å²) in [4.78, 5) is 0. The Bertz CT molecular complexity index is 295. The summed E-state index contributed by atoms with van der Waals surface area (Å²) in [7, 11) is 0. The first-order valence-corrected chi connectivity index (χ1v) is 6.77. The molecule has 2 heteroatoms. The first-order valence-electron chi connectivity index (χ1n) is 6.77. The van der Waals surface area contributed by atoms with Gasteiger partial charge in [0.1, 0.15) is 0 Å². The van der Waals surface area contributed by atoms with E-state index < -0.39 is 0 Å². The van der Waals surface area contributed by atoms with E-state index in [-0.39, 0.29) is 0 Å². The summed E-state index contributed by atoms with van der Waals surface area (Å²) < 4.78 is 5.60. The van der Waals surface area contributed by atoms with Crippen LogP contribution in [0.25, 0.3) is 0 Å². The standard InChI is InChI=1S/C15H23NO/c1-2-5-14(6-3-1)7-4-11-17-12-10-16-13-15-8-9-15/h1-3,5-6,15-16H,4,7-13H2. The molecule has 0 bridgehead atoms. The normalized spacial score (nSPS) is 15.1. The number of ether oxygens (including phenoxy) is 1. The average Bonchev–Trinajstić information content (AvgIpc) is 3.18. The topological polar surface area (TPSA) is 21.3 Å². The molecule has 0 atom stereocenters. The predicted octanol–water partition coefficient (Wildman–Crippen LogP) is 2.64. The van der Waals surface area contributed by atoms with Crippen LogP contribution in [0.2, 0.25) is 0 Å². The van der Waals surface area contributed by atoms with Crippen LogP contribution in [0, 0.1) is 5.92 Å². The van der Waals surface area contributed by atoms with E-state index in [1.165, 1.54) is 24.9 Å². The summed E-state index contributed by atoms with van der Waals surface area (Å²) in [5.41, 5.74) is 1.41. The van der Waals surface area contributed by atoms with Gasteiger partial charge in [0.2, 0.25) is 0 Å². The van der Waals surface area contributed by atoms with Crippen molar-refractivity contribution < 1.29 is 4.74 Å². The molecule has 2 nitrogen and oxygen atoms in total. The Morgan fingerprint density at radius 2 is 1.94 bits per heavy atom. The Kier molecular flexibility index (Phi) is 5.53. The van der Waals surface area contributed by atoms with Crippen molar-refractivity contribution in [1.82, 2.24) is 5.32 Å². The van der Waals surface area contributed by atoms with Crippen molar-refractivity contribution in [2.24, 2.45) is 5.92 Å². The van der Waals surface area contributed by atoms with Crippen LogP contribution in [-0.4, -0.2) is 26.3 Å². The fourth-order valence-corrected chi connectivity index (χ4v) is 1.90. The molecule has 1 aliphatic carbocycles. The van der Waals surface area contributed by atoms with Crippen molar-refractivity contribution in [1.29, 1.82) is 0 Å². The molecule has 0 radical (unpaired) electrons. The van der Waals surface area contributed by atoms with Crippen molar-refractivity contribution in [3.63, 3.8) is 0 Å². The lowest BCUT2D eigenvalue weighted by Crippen LogP contribution is -2.22. The monoisotopic (exact) mass is 233 g/mol. The molecule has 1 aromatic carbocycles. The lowest BCUT2D eigenvalue weighted by Gasteiger charge is -2.05. The smallest absolute Gasteiger partial charge is 0.0590 e. The molecule has 1 aromatic rings. The largest absolute Gasteiger partial charge is 0.380 e. The second-order valence-electron chi connectivity index (χ2n) is 4.85. The Hall–Kier alpha value is -0.860. The molecule has 0 heterocycles. The van der Waals surface area contributed by atoms with Crippen LogP contribution in [0.15, 0.2) is 30.3 Å². The maximum absolute atomic E-state index is 5.60. The van der Waals surface area contributed by atoms with Gasteiger partial charge in [-0.05, 0) is 43.7 Å². The Labute approximate surface area is 104 Å². The molecular formula is C15H23NO. The lowest BCUT2D eigenvalue weighted by molar-refractivity contribution is 0.133. The van der Waals surface area contributed by atoms with Crippen LogP contribution in [0.5, 0.6) is 0 Å². The van der Waals surface area contributed by atoms with Crippen LogP contribution < -0.4 is 5.32 Å². The minimum Gasteiger partial charge on any atom is -0.380 e. The Morgan fingerprint density at radius 3 is 2.71 bits per heavy atom. The molecule has 1 fully saturated rings. The van der Waals surface area contributed by atoms with Crippen molar-refractivity contribution in [3.05, 3.63) is 35.9 Å². The van der Waals surface area contributed by atoms with Gasteiger partial charge in [0.05, 0.1) is 6.61 Å². The molecule has 1 N–H and O–H groups in total. The number of hydrogen-bond donors (Lipinski definition) is 1. The summed E-state index contributed by atoms with van der Waals surface area (Å²) in [6, 6.07) is 10.6. The van der Waals surface area contributed by atoms with Gasteiger partial charge in [-0.25, -0.2) is 0 Å². The number of rotatable bonds is 9. The SMILES string of the molecule is c1ccc(CCCOCCNCC2CC2)cc1. The van der Waals surface area contributed by atoms with Gasteiger partial charge in [0.15, 0.2) is 0 Å². The summed E-state index contributed by atoms with van der Waals surface area (Å²) in [5, 5.41) is 3.43. The van der Waals surface area contributed by atoms with E-state index in [9.17, 15) is 0 Å². The van der Waals surface area contributed by atoms with E-state index in [1.54, 1.807) is 0 Å². The van der Waals surface area contributed by atoms with Crippen LogP contribution >= 0.6 is 0 Å². The number of benzene rings is 1. The molecule has 0 amide bonds.